The second-order valence-electron chi connectivity index (χ2n) is 9.19. The van der Waals surface area contributed by atoms with Gasteiger partial charge < -0.3 is 15.4 Å². The van der Waals surface area contributed by atoms with Crippen molar-refractivity contribution in [1.82, 2.24) is 20.3 Å². The van der Waals surface area contributed by atoms with E-state index in [0.29, 0.717) is 45.6 Å². The molecule has 2 aromatic heterocycles. The summed E-state index contributed by atoms with van der Waals surface area (Å²) in [7, 11) is -3.62. The van der Waals surface area contributed by atoms with Crippen LogP contribution in [0.2, 0.25) is 0 Å². The van der Waals surface area contributed by atoms with Crippen molar-refractivity contribution in [3.63, 3.8) is 0 Å². The van der Waals surface area contributed by atoms with Crippen LogP contribution in [0.4, 0.5) is 11.6 Å². The Labute approximate surface area is 222 Å². The van der Waals surface area contributed by atoms with Crippen molar-refractivity contribution in [3.8, 4) is 22.9 Å². The number of aromatic nitrogens is 3. The molecule has 2 aromatic carbocycles. The van der Waals surface area contributed by atoms with Crippen LogP contribution in [0, 0.1) is 6.92 Å². The first-order valence-corrected chi connectivity index (χ1v) is 14.2. The number of pyridine rings is 1. The van der Waals surface area contributed by atoms with E-state index < -0.39 is 10.0 Å². The van der Waals surface area contributed by atoms with Crippen molar-refractivity contribution in [3.05, 3.63) is 90.3 Å². The van der Waals surface area contributed by atoms with Gasteiger partial charge in [-0.05, 0) is 62.2 Å². The quantitative estimate of drug-likeness (QED) is 0.284. The number of rotatable bonds is 9. The average Bonchev–Trinajstić information content (AvgIpc) is 2.92. The second kappa shape index (κ2) is 11.6. The van der Waals surface area contributed by atoms with Crippen molar-refractivity contribution in [2.24, 2.45) is 0 Å². The highest BCUT2D eigenvalue weighted by atomic mass is 32.2. The third kappa shape index (κ3) is 6.45. The maximum Gasteiger partial charge on any atom is 0.236 e. The van der Waals surface area contributed by atoms with Crippen LogP contribution in [-0.2, 0) is 15.8 Å². The molecule has 0 aliphatic carbocycles. The van der Waals surface area contributed by atoms with Gasteiger partial charge in [-0.3, -0.25) is 4.72 Å². The lowest BCUT2D eigenvalue weighted by atomic mass is 10.1. The van der Waals surface area contributed by atoms with Crippen LogP contribution in [-0.4, -0.2) is 42.5 Å². The monoisotopic (exact) mass is 530 g/mol. The molecule has 0 bridgehead atoms. The summed E-state index contributed by atoms with van der Waals surface area (Å²) in [5.74, 6) is 1.29. The fraction of sp³-hybridized carbons (Fsp3) is 0.250. The zero-order valence-corrected chi connectivity index (χ0v) is 21.9. The zero-order chi connectivity index (χ0) is 26.4. The van der Waals surface area contributed by atoms with E-state index in [-0.39, 0.29) is 11.8 Å². The molecular weight excluding hydrogens is 500 g/mol. The molecule has 3 heterocycles. The Balaban J connectivity index is 1.36. The van der Waals surface area contributed by atoms with Crippen molar-refractivity contribution in [2.75, 3.05) is 23.1 Å². The lowest BCUT2D eigenvalue weighted by Gasteiger charge is -2.23. The molecule has 38 heavy (non-hydrogen) atoms. The van der Waals surface area contributed by atoms with Gasteiger partial charge in [0, 0.05) is 30.5 Å². The van der Waals surface area contributed by atoms with E-state index >= 15 is 0 Å². The van der Waals surface area contributed by atoms with Crippen molar-refractivity contribution in [2.45, 2.75) is 31.6 Å². The van der Waals surface area contributed by atoms with E-state index in [9.17, 15) is 8.42 Å². The molecule has 10 heteroatoms. The Kier molecular flexibility index (Phi) is 7.81. The molecule has 196 valence electrons. The van der Waals surface area contributed by atoms with Gasteiger partial charge in [0.1, 0.15) is 5.75 Å². The maximum absolute atomic E-state index is 12.8. The Hall–Kier alpha value is -4.02. The van der Waals surface area contributed by atoms with Gasteiger partial charge in [-0.2, -0.15) is 0 Å². The molecule has 0 saturated carbocycles. The van der Waals surface area contributed by atoms with Gasteiger partial charge in [0.25, 0.3) is 0 Å². The van der Waals surface area contributed by atoms with E-state index in [4.69, 9.17) is 9.72 Å². The second-order valence-corrected chi connectivity index (χ2v) is 10.9. The van der Waals surface area contributed by atoms with Gasteiger partial charge in [-0.25, -0.2) is 23.4 Å². The van der Waals surface area contributed by atoms with E-state index in [0.717, 1.165) is 25.9 Å². The molecule has 1 aliphatic rings. The number of hydrogen-bond donors (Lipinski definition) is 3. The number of hydrogen-bond acceptors (Lipinski definition) is 8. The number of nitrogens with one attached hydrogen (secondary N) is 3. The minimum absolute atomic E-state index is 0.121. The number of anilines is 2. The molecule has 0 radical (unpaired) electrons. The third-order valence-corrected chi connectivity index (χ3v) is 7.53. The van der Waals surface area contributed by atoms with Crippen LogP contribution in [0.15, 0.2) is 79.1 Å². The molecular formula is C28H30N6O3S. The Bertz CT molecular complexity index is 1490. The summed E-state index contributed by atoms with van der Waals surface area (Å²) in [6.07, 6.45) is 5.53. The van der Waals surface area contributed by atoms with Gasteiger partial charge in [-0.15, -0.1) is 0 Å². The predicted molar refractivity (Wildman–Crippen MR) is 149 cm³/mol. The summed E-state index contributed by atoms with van der Waals surface area (Å²) in [5.41, 5.74) is 3.18. The summed E-state index contributed by atoms with van der Waals surface area (Å²) in [4.78, 5) is 13.5. The normalized spacial score (nSPS) is 15.6. The first-order chi connectivity index (χ1) is 18.5. The van der Waals surface area contributed by atoms with Crippen molar-refractivity contribution < 1.29 is 13.2 Å². The summed E-state index contributed by atoms with van der Waals surface area (Å²) in [6.45, 7) is 3.72. The first kappa shape index (κ1) is 25.6. The number of sulfonamides is 1. The minimum Gasteiger partial charge on any atom is -0.438 e. The SMILES string of the molecule is Cc1c(NS(=O)(=O)Cc2ccccc2)cccc1Oc1ncccc1-c1ccnc(NC2CCCNC2)n1. The van der Waals surface area contributed by atoms with Gasteiger partial charge >= 0.3 is 0 Å². The van der Waals surface area contributed by atoms with Crippen LogP contribution < -0.4 is 20.1 Å². The van der Waals surface area contributed by atoms with Crippen LogP contribution in [0.5, 0.6) is 11.6 Å². The molecule has 4 aromatic rings. The molecule has 1 saturated heterocycles. The van der Waals surface area contributed by atoms with Gasteiger partial charge in [-0.1, -0.05) is 36.4 Å². The molecule has 9 nitrogen and oxygen atoms in total. The molecule has 5 rings (SSSR count). The van der Waals surface area contributed by atoms with Crippen LogP contribution in [0.1, 0.15) is 24.0 Å². The van der Waals surface area contributed by atoms with Gasteiger partial charge in [0.2, 0.25) is 21.9 Å². The molecule has 1 unspecified atom stereocenters. The number of ether oxygens (including phenoxy) is 1. The van der Waals surface area contributed by atoms with E-state index in [2.05, 4.69) is 25.3 Å². The molecule has 1 atom stereocenters. The highest BCUT2D eigenvalue weighted by Gasteiger charge is 2.18. The molecule has 0 amide bonds. The number of nitrogens with zero attached hydrogens (tertiary/aromatic N) is 3. The zero-order valence-electron chi connectivity index (χ0n) is 21.1. The maximum atomic E-state index is 12.8. The number of benzene rings is 2. The largest absolute Gasteiger partial charge is 0.438 e. The minimum atomic E-state index is -3.62. The fourth-order valence-corrected chi connectivity index (χ4v) is 5.60. The van der Waals surface area contributed by atoms with E-state index in [1.807, 2.05) is 43.3 Å². The van der Waals surface area contributed by atoms with Crippen LogP contribution in [0.25, 0.3) is 11.3 Å². The lowest BCUT2D eigenvalue weighted by Crippen LogP contribution is -2.38. The van der Waals surface area contributed by atoms with Crippen molar-refractivity contribution >= 4 is 21.7 Å². The van der Waals surface area contributed by atoms with Crippen molar-refractivity contribution in [1.29, 1.82) is 0 Å². The average molecular weight is 531 g/mol. The fourth-order valence-electron chi connectivity index (χ4n) is 4.34. The van der Waals surface area contributed by atoms with Crippen LogP contribution >= 0.6 is 0 Å². The smallest absolute Gasteiger partial charge is 0.236 e. The summed E-state index contributed by atoms with van der Waals surface area (Å²) in [5, 5.41) is 6.79. The topological polar surface area (TPSA) is 118 Å². The first-order valence-electron chi connectivity index (χ1n) is 12.5. The highest BCUT2D eigenvalue weighted by Crippen LogP contribution is 2.34. The summed E-state index contributed by atoms with van der Waals surface area (Å²) < 4.78 is 34.5. The predicted octanol–water partition coefficient (Wildman–Crippen LogP) is 4.75. The molecule has 1 aliphatic heterocycles. The molecule has 3 N–H and O–H groups in total. The molecule has 0 spiro atoms. The Morgan fingerprint density at radius 3 is 2.68 bits per heavy atom. The standard InChI is InChI=1S/C28H30N6O3S/c1-20-24(34-38(35,36)19-21-8-3-2-4-9-21)12-5-13-26(20)37-27-23(11-7-16-30-27)25-14-17-31-28(33-25)32-22-10-6-15-29-18-22/h2-5,7-9,11-14,16-17,22,29,34H,6,10,15,18-19H2,1H3,(H,31,32,33). The highest BCUT2D eigenvalue weighted by molar-refractivity contribution is 7.91. The van der Waals surface area contributed by atoms with Gasteiger partial charge in [0.05, 0.1) is 22.7 Å². The lowest BCUT2D eigenvalue weighted by molar-refractivity contribution is 0.461. The van der Waals surface area contributed by atoms with E-state index in [1.54, 1.807) is 42.7 Å². The Morgan fingerprint density at radius 2 is 1.87 bits per heavy atom. The van der Waals surface area contributed by atoms with Gasteiger partial charge in [0.15, 0.2) is 0 Å². The Morgan fingerprint density at radius 1 is 1.00 bits per heavy atom. The molecule has 1 fully saturated rings. The van der Waals surface area contributed by atoms with Crippen LogP contribution in [0.3, 0.4) is 0 Å². The summed E-state index contributed by atoms with van der Waals surface area (Å²) in [6, 6.07) is 20.1. The van der Waals surface area contributed by atoms with E-state index in [1.165, 1.54) is 0 Å². The third-order valence-electron chi connectivity index (χ3n) is 6.29. The summed E-state index contributed by atoms with van der Waals surface area (Å²) >= 11 is 0. The number of piperidine rings is 1.